The second-order valence-corrected chi connectivity index (χ2v) is 10.2. The van der Waals surface area contributed by atoms with Crippen molar-refractivity contribution in [1.29, 1.82) is 0 Å². The van der Waals surface area contributed by atoms with Crippen LogP contribution in [0.5, 0.6) is 11.5 Å². The minimum Gasteiger partial charge on any atom is -0.454 e. The van der Waals surface area contributed by atoms with Crippen LogP contribution in [0.25, 0.3) is 10.4 Å². The summed E-state index contributed by atoms with van der Waals surface area (Å²) in [5.74, 6) is 1.48. The zero-order valence-electron chi connectivity index (χ0n) is 19.3. The number of ether oxygens (including phenoxy) is 2. The van der Waals surface area contributed by atoms with Gasteiger partial charge < -0.3 is 19.7 Å². The van der Waals surface area contributed by atoms with Crippen LogP contribution in [0, 0.1) is 5.41 Å². The van der Waals surface area contributed by atoms with Crippen molar-refractivity contribution in [3.63, 3.8) is 0 Å². The molecule has 2 aliphatic carbocycles. The molecule has 4 aliphatic rings. The van der Waals surface area contributed by atoms with Crippen LogP contribution < -0.4 is 14.8 Å². The van der Waals surface area contributed by atoms with Crippen molar-refractivity contribution in [2.75, 3.05) is 19.9 Å². The smallest absolute Gasteiger partial charge is 0.234 e. The molecule has 0 radical (unpaired) electrons. The summed E-state index contributed by atoms with van der Waals surface area (Å²) in [4.78, 5) is 18.5. The van der Waals surface area contributed by atoms with Crippen molar-refractivity contribution in [2.24, 2.45) is 10.5 Å². The molecular weight excluding hydrogens is 418 g/mol. The van der Waals surface area contributed by atoms with Gasteiger partial charge in [0.1, 0.15) is 0 Å². The number of amides is 1. The molecule has 0 aromatic heterocycles. The number of hydrogen-bond donors (Lipinski definition) is 1. The summed E-state index contributed by atoms with van der Waals surface area (Å²) >= 11 is 0. The maximum atomic E-state index is 13.3. The Labute approximate surface area is 193 Å². The Morgan fingerprint density at radius 1 is 1.27 bits per heavy atom. The third-order valence-corrected chi connectivity index (χ3v) is 6.93. The summed E-state index contributed by atoms with van der Waals surface area (Å²) in [6.07, 6.45) is 8.72. The SMILES string of the molecule is CC(C)(C)C1C=C2CC(NC(=O)C3(c4ccc5c(c4)OCO5)CC3)=CC=C2N1CCN=[N+]=[N-]. The summed E-state index contributed by atoms with van der Waals surface area (Å²) in [5, 5.41) is 6.93. The van der Waals surface area contributed by atoms with E-state index in [2.05, 4.69) is 53.2 Å². The van der Waals surface area contributed by atoms with E-state index in [9.17, 15) is 4.79 Å². The lowest BCUT2D eigenvalue weighted by molar-refractivity contribution is -0.122. The minimum absolute atomic E-state index is 0.0301. The third kappa shape index (κ3) is 3.85. The molecule has 1 aromatic rings. The molecule has 1 atom stereocenters. The summed E-state index contributed by atoms with van der Waals surface area (Å²) < 4.78 is 10.9. The molecule has 2 aliphatic heterocycles. The fraction of sp³-hybridized carbons (Fsp3) is 0.480. The fourth-order valence-electron chi connectivity index (χ4n) is 4.99. The first-order valence-corrected chi connectivity index (χ1v) is 11.4. The molecule has 172 valence electrons. The maximum absolute atomic E-state index is 13.3. The molecule has 5 rings (SSSR count). The number of azide groups is 1. The normalized spacial score (nSPS) is 22.0. The Balaban J connectivity index is 1.33. The molecule has 2 heterocycles. The van der Waals surface area contributed by atoms with E-state index in [0.717, 1.165) is 35.5 Å². The lowest BCUT2D eigenvalue weighted by Crippen LogP contribution is -2.40. The second-order valence-electron chi connectivity index (χ2n) is 10.2. The Kier molecular flexibility index (Phi) is 5.13. The van der Waals surface area contributed by atoms with Crippen LogP contribution in [0.2, 0.25) is 0 Å². The quantitative estimate of drug-likeness (QED) is 0.388. The number of nitrogens with one attached hydrogen (secondary N) is 1. The summed E-state index contributed by atoms with van der Waals surface area (Å²) in [7, 11) is 0. The lowest BCUT2D eigenvalue weighted by Gasteiger charge is -2.37. The predicted octanol–water partition coefficient (Wildman–Crippen LogP) is 4.70. The van der Waals surface area contributed by atoms with E-state index in [4.69, 9.17) is 15.0 Å². The van der Waals surface area contributed by atoms with Crippen molar-refractivity contribution in [3.8, 4) is 11.5 Å². The van der Waals surface area contributed by atoms with E-state index in [0.29, 0.717) is 25.3 Å². The van der Waals surface area contributed by atoms with Crippen LogP contribution >= 0.6 is 0 Å². The van der Waals surface area contributed by atoms with Crippen LogP contribution in [-0.2, 0) is 10.2 Å². The molecule has 0 bridgehead atoms. The molecule has 1 amide bonds. The number of hydrogen-bond acceptors (Lipinski definition) is 5. The van der Waals surface area contributed by atoms with Crippen LogP contribution in [0.1, 0.15) is 45.6 Å². The van der Waals surface area contributed by atoms with Gasteiger partial charge in [-0.2, -0.15) is 0 Å². The van der Waals surface area contributed by atoms with Gasteiger partial charge in [0, 0.05) is 35.8 Å². The predicted molar refractivity (Wildman–Crippen MR) is 124 cm³/mol. The van der Waals surface area contributed by atoms with E-state index in [1.807, 2.05) is 24.3 Å². The number of nitrogens with zero attached hydrogens (tertiary/aromatic N) is 4. The Hall–Kier alpha value is -3.38. The molecule has 1 aromatic carbocycles. The lowest BCUT2D eigenvalue weighted by atomic mass is 9.86. The average molecular weight is 448 g/mol. The molecule has 1 fully saturated rings. The maximum Gasteiger partial charge on any atom is 0.234 e. The van der Waals surface area contributed by atoms with Crippen molar-refractivity contribution in [3.05, 3.63) is 69.4 Å². The number of carbonyl (C=O) groups excluding carboxylic acids is 1. The van der Waals surface area contributed by atoms with E-state index in [1.165, 1.54) is 5.57 Å². The molecule has 1 N–H and O–H groups in total. The molecule has 0 spiro atoms. The monoisotopic (exact) mass is 447 g/mol. The molecular formula is C25H29N5O3. The largest absolute Gasteiger partial charge is 0.454 e. The number of allylic oxidation sites excluding steroid dienone is 4. The van der Waals surface area contributed by atoms with Crippen LogP contribution in [0.3, 0.4) is 0 Å². The van der Waals surface area contributed by atoms with Gasteiger partial charge in [-0.05, 0) is 59.2 Å². The molecule has 8 heteroatoms. The first-order chi connectivity index (χ1) is 15.8. The number of rotatable bonds is 6. The van der Waals surface area contributed by atoms with Crippen LogP contribution in [-0.4, -0.2) is 36.7 Å². The zero-order valence-corrected chi connectivity index (χ0v) is 19.3. The number of fused-ring (bicyclic) bond motifs is 2. The molecule has 33 heavy (non-hydrogen) atoms. The second kappa shape index (κ2) is 7.89. The Morgan fingerprint density at radius 2 is 2.06 bits per heavy atom. The highest BCUT2D eigenvalue weighted by atomic mass is 16.7. The third-order valence-electron chi connectivity index (χ3n) is 6.93. The van der Waals surface area contributed by atoms with Gasteiger partial charge in [-0.1, -0.05) is 38.0 Å². The van der Waals surface area contributed by atoms with E-state index in [-0.39, 0.29) is 24.2 Å². The van der Waals surface area contributed by atoms with E-state index in [1.54, 1.807) is 0 Å². The molecule has 0 saturated heterocycles. The van der Waals surface area contributed by atoms with Crippen LogP contribution in [0.15, 0.2) is 58.5 Å². The first kappa shape index (κ1) is 21.5. The fourth-order valence-corrected chi connectivity index (χ4v) is 4.99. The average Bonchev–Trinajstić information content (AvgIpc) is 3.31. The molecule has 1 unspecified atom stereocenters. The van der Waals surface area contributed by atoms with Crippen LogP contribution in [0.4, 0.5) is 0 Å². The van der Waals surface area contributed by atoms with Gasteiger partial charge in [0.25, 0.3) is 0 Å². The topological polar surface area (TPSA) is 99.6 Å². The highest BCUT2D eigenvalue weighted by molar-refractivity contribution is 5.92. The van der Waals surface area contributed by atoms with Gasteiger partial charge in [0.05, 0.1) is 11.5 Å². The van der Waals surface area contributed by atoms with Crippen molar-refractivity contribution < 1.29 is 14.3 Å². The summed E-state index contributed by atoms with van der Waals surface area (Å²) in [5.41, 5.74) is 12.5. The Bertz CT molecular complexity index is 1130. The standard InChI is InChI=1S/C25H29N5O3/c1-24(2,3)22-13-16-12-18(5-6-19(16)30(22)11-10-27-29-26)28-23(31)25(8-9-25)17-4-7-20-21(14-17)33-15-32-20/h4-7,13-14,22H,8-12,15H2,1-3H3,(H,28,31). The van der Waals surface area contributed by atoms with Gasteiger partial charge in [0.15, 0.2) is 11.5 Å². The van der Waals surface area contributed by atoms with Gasteiger partial charge in [-0.25, -0.2) is 0 Å². The highest BCUT2D eigenvalue weighted by Crippen LogP contribution is 2.51. The van der Waals surface area contributed by atoms with Crippen molar-refractivity contribution in [2.45, 2.75) is 51.5 Å². The van der Waals surface area contributed by atoms with Gasteiger partial charge in [-0.15, -0.1) is 0 Å². The Morgan fingerprint density at radius 3 is 2.79 bits per heavy atom. The van der Waals surface area contributed by atoms with Crippen molar-refractivity contribution in [1.82, 2.24) is 10.2 Å². The summed E-state index contributed by atoms with van der Waals surface area (Å²) in [6, 6.07) is 6.01. The molecule has 8 nitrogen and oxygen atoms in total. The zero-order chi connectivity index (χ0) is 23.2. The summed E-state index contributed by atoms with van der Waals surface area (Å²) in [6.45, 7) is 7.96. The minimum atomic E-state index is -0.495. The molecule has 1 saturated carbocycles. The van der Waals surface area contributed by atoms with Gasteiger partial charge in [0.2, 0.25) is 12.7 Å². The van der Waals surface area contributed by atoms with E-state index < -0.39 is 5.41 Å². The highest BCUT2D eigenvalue weighted by Gasteiger charge is 2.52. The number of carbonyl (C=O) groups is 1. The van der Waals surface area contributed by atoms with Crippen molar-refractivity contribution >= 4 is 5.91 Å². The number of benzene rings is 1. The van der Waals surface area contributed by atoms with Gasteiger partial charge in [-0.3, -0.25) is 4.79 Å². The first-order valence-electron chi connectivity index (χ1n) is 11.4. The van der Waals surface area contributed by atoms with Gasteiger partial charge >= 0.3 is 0 Å². The van der Waals surface area contributed by atoms with E-state index >= 15 is 0 Å².